The van der Waals surface area contributed by atoms with Crippen LogP contribution in [0, 0.1) is 5.92 Å². The van der Waals surface area contributed by atoms with E-state index in [1.165, 1.54) is 0 Å². The second-order valence-electron chi connectivity index (χ2n) is 6.94. The summed E-state index contributed by atoms with van der Waals surface area (Å²) in [6, 6.07) is 11.7. The van der Waals surface area contributed by atoms with Crippen LogP contribution >= 0.6 is 0 Å². The van der Waals surface area contributed by atoms with E-state index in [-0.39, 0.29) is 11.7 Å². The smallest absolute Gasteiger partial charge is 0.289 e. The Hall–Kier alpha value is -2.18. The van der Waals surface area contributed by atoms with Gasteiger partial charge < -0.3 is 14.6 Å². The molecule has 1 aromatic heterocycles. The van der Waals surface area contributed by atoms with E-state index in [2.05, 4.69) is 29.2 Å². The lowest BCUT2D eigenvalue weighted by atomic mass is 9.92. The van der Waals surface area contributed by atoms with Gasteiger partial charge in [-0.2, -0.15) is 0 Å². The van der Waals surface area contributed by atoms with Gasteiger partial charge in [0.05, 0.1) is 13.2 Å². The van der Waals surface area contributed by atoms with Crippen molar-refractivity contribution in [2.45, 2.75) is 32.7 Å². The predicted molar refractivity (Wildman–Crippen MR) is 105 cm³/mol. The summed E-state index contributed by atoms with van der Waals surface area (Å²) in [4.78, 5) is 15.0. The third-order valence-electron chi connectivity index (χ3n) is 5.38. The molecular formula is C21H29N3O3. The Morgan fingerprint density at radius 3 is 2.56 bits per heavy atom. The molecule has 0 aliphatic carbocycles. The van der Waals surface area contributed by atoms with Crippen molar-refractivity contribution in [2.24, 2.45) is 5.92 Å². The van der Waals surface area contributed by atoms with Gasteiger partial charge >= 0.3 is 0 Å². The van der Waals surface area contributed by atoms with Crippen molar-refractivity contribution in [3.63, 3.8) is 0 Å². The summed E-state index contributed by atoms with van der Waals surface area (Å²) in [5, 5.41) is 7.08. The van der Waals surface area contributed by atoms with Crippen LogP contribution in [0.5, 0.6) is 0 Å². The monoisotopic (exact) mass is 371 g/mol. The van der Waals surface area contributed by atoms with Crippen molar-refractivity contribution in [1.29, 1.82) is 0 Å². The molecule has 1 fully saturated rings. The SMILES string of the molecule is CCC(CC)C(CNC(=O)c1cc(-c2ccccc2)no1)N1CCOCC1. The van der Waals surface area contributed by atoms with E-state index in [1.54, 1.807) is 6.07 Å². The number of carbonyl (C=O) groups is 1. The molecule has 146 valence electrons. The van der Waals surface area contributed by atoms with Crippen LogP contribution in [0.25, 0.3) is 11.3 Å². The predicted octanol–water partition coefficient (Wildman–Crippen LogP) is 3.21. The fourth-order valence-electron chi connectivity index (χ4n) is 3.75. The minimum Gasteiger partial charge on any atom is -0.379 e. The third-order valence-corrected chi connectivity index (χ3v) is 5.38. The van der Waals surface area contributed by atoms with Gasteiger partial charge in [-0.25, -0.2) is 0 Å². The molecule has 6 heteroatoms. The summed E-state index contributed by atoms with van der Waals surface area (Å²) < 4.78 is 10.8. The molecule has 0 spiro atoms. The largest absolute Gasteiger partial charge is 0.379 e. The quantitative estimate of drug-likeness (QED) is 0.772. The van der Waals surface area contributed by atoms with Crippen molar-refractivity contribution >= 4 is 5.91 Å². The zero-order chi connectivity index (χ0) is 19.1. The van der Waals surface area contributed by atoms with Crippen LogP contribution in [0.15, 0.2) is 40.9 Å². The van der Waals surface area contributed by atoms with Gasteiger partial charge in [-0.3, -0.25) is 9.69 Å². The van der Waals surface area contributed by atoms with E-state index in [0.29, 0.717) is 24.2 Å². The van der Waals surface area contributed by atoms with Gasteiger partial charge in [-0.05, 0) is 5.92 Å². The number of hydrogen-bond acceptors (Lipinski definition) is 5. The molecule has 6 nitrogen and oxygen atoms in total. The second-order valence-corrected chi connectivity index (χ2v) is 6.94. The zero-order valence-corrected chi connectivity index (χ0v) is 16.2. The molecule has 1 aliphatic heterocycles. The Morgan fingerprint density at radius 2 is 1.89 bits per heavy atom. The second kappa shape index (κ2) is 9.67. The van der Waals surface area contributed by atoms with Crippen LogP contribution in [0.3, 0.4) is 0 Å². The highest BCUT2D eigenvalue weighted by atomic mass is 16.5. The lowest BCUT2D eigenvalue weighted by Crippen LogP contribution is -2.52. The first-order chi connectivity index (χ1) is 13.2. The summed E-state index contributed by atoms with van der Waals surface area (Å²) in [6.45, 7) is 8.37. The molecule has 1 aromatic carbocycles. The average molecular weight is 371 g/mol. The number of aromatic nitrogens is 1. The summed E-state index contributed by atoms with van der Waals surface area (Å²) >= 11 is 0. The number of rotatable bonds is 8. The molecule has 0 bridgehead atoms. The fourth-order valence-corrected chi connectivity index (χ4v) is 3.75. The van der Waals surface area contributed by atoms with E-state index in [1.807, 2.05) is 30.3 Å². The molecule has 0 radical (unpaired) electrons. The highest BCUT2D eigenvalue weighted by molar-refractivity contribution is 5.92. The number of nitrogens with zero attached hydrogens (tertiary/aromatic N) is 2. The number of carbonyl (C=O) groups excluding carboxylic acids is 1. The first-order valence-electron chi connectivity index (χ1n) is 9.85. The molecule has 1 unspecified atom stereocenters. The molecule has 1 amide bonds. The Balaban J connectivity index is 1.64. The van der Waals surface area contributed by atoms with E-state index in [4.69, 9.17) is 9.26 Å². The number of hydrogen-bond donors (Lipinski definition) is 1. The molecule has 2 aromatic rings. The van der Waals surface area contributed by atoms with Gasteiger partial charge in [0.15, 0.2) is 0 Å². The topological polar surface area (TPSA) is 67.6 Å². The summed E-state index contributed by atoms with van der Waals surface area (Å²) in [7, 11) is 0. The van der Waals surface area contributed by atoms with Gasteiger partial charge in [0, 0.05) is 37.3 Å². The highest BCUT2D eigenvalue weighted by Crippen LogP contribution is 2.21. The van der Waals surface area contributed by atoms with Crippen molar-refractivity contribution in [3.05, 3.63) is 42.2 Å². The third kappa shape index (κ3) is 4.96. The number of amides is 1. The van der Waals surface area contributed by atoms with E-state index in [0.717, 1.165) is 44.7 Å². The molecule has 1 saturated heterocycles. The van der Waals surface area contributed by atoms with Crippen LogP contribution in [0.1, 0.15) is 37.2 Å². The Bertz CT molecular complexity index is 706. The molecule has 1 atom stereocenters. The first-order valence-corrected chi connectivity index (χ1v) is 9.85. The minimum atomic E-state index is -0.214. The van der Waals surface area contributed by atoms with Gasteiger partial charge in [0.2, 0.25) is 5.76 Å². The van der Waals surface area contributed by atoms with Crippen molar-refractivity contribution in [3.8, 4) is 11.3 Å². The lowest BCUT2D eigenvalue weighted by Gasteiger charge is -2.38. The molecular weight excluding hydrogens is 342 g/mol. The molecule has 0 saturated carbocycles. The maximum atomic E-state index is 12.6. The maximum absolute atomic E-state index is 12.6. The zero-order valence-electron chi connectivity index (χ0n) is 16.2. The van der Waals surface area contributed by atoms with Gasteiger partial charge in [0.25, 0.3) is 5.91 Å². The van der Waals surface area contributed by atoms with E-state index in [9.17, 15) is 4.79 Å². The number of ether oxygens (including phenoxy) is 1. The van der Waals surface area contributed by atoms with E-state index >= 15 is 0 Å². The van der Waals surface area contributed by atoms with Gasteiger partial charge in [-0.15, -0.1) is 0 Å². The Labute approximate surface area is 160 Å². The summed E-state index contributed by atoms with van der Waals surface area (Å²) in [6.07, 6.45) is 2.18. The van der Waals surface area contributed by atoms with Crippen molar-refractivity contribution in [1.82, 2.24) is 15.4 Å². The van der Waals surface area contributed by atoms with Crippen LogP contribution in [0.2, 0.25) is 0 Å². The molecule has 1 aliphatic rings. The molecule has 2 heterocycles. The van der Waals surface area contributed by atoms with Crippen LogP contribution in [0.4, 0.5) is 0 Å². The van der Waals surface area contributed by atoms with Crippen LogP contribution in [-0.4, -0.2) is 54.9 Å². The standard InChI is InChI=1S/C21H29N3O3/c1-3-16(4-2)19(24-10-12-26-13-11-24)15-22-21(25)20-14-18(23-27-20)17-8-6-5-7-9-17/h5-9,14,16,19H,3-4,10-13,15H2,1-2H3,(H,22,25). The number of morpholine rings is 1. The van der Waals surface area contributed by atoms with Gasteiger partial charge in [0.1, 0.15) is 5.69 Å². The lowest BCUT2D eigenvalue weighted by molar-refractivity contribution is 0.00183. The summed E-state index contributed by atoms with van der Waals surface area (Å²) in [5.74, 6) is 0.575. The Morgan fingerprint density at radius 1 is 1.19 bits per heavy atom. The van der Waals surface area contributed by atoms with Crippen LogP contribution in [-0.2, 0) is 4.74 Å². The average Bonchev–Trinajstić information content (AvgIpc) is 3.22. The first kappa shape index (κ1) is 19.6. The highest BCUT2D eigenvalue weighted by Gasteiger charge is 2.27. The van der Waals surface area contributed by atoms with E-state index < -0.39 is 0 Å². The Kier molecular flexibility index (Phi) is 7.01. The molecule has 27 heavy (non-hydrogen) atoms. The number of benzene rings is 1. The van der Waals surface area contributed by atoms with Crippen LogP contribution < -0.4 is 5.32 Å². The summed E-state index contributed by atoms with van der Waals surface area (Å²) in [5.41, 5.74) is 1.61. The molecule has 3 rings (SSSR count). The van der Waals surface area contributed by atoms with Gasteiger partial charge in [-0.1, -0.05) is 62.2 Å². The van der Waals surface area contributed by atoms with Crippen molar-refractivity contribution in [2.75, 3.05) is 32.8 Å². The minimum absolute atomic E-state index is 0.214. The molecule has 1 N–H and O–H groups in total. The number of nitrogens with one attached hydrogen (secondary N) is 1. The fraction of sp³-hybridized carbons (Fsp3) is 0.524. The maximum Gasteiger partial charge on any atom is 0.289 e. The normalized spacial score (nSPS) is 16.4. The van der Waals surface area contributed by atoms with Crippen molar-refractivity contribution < 1.29 is 14.1 Å².